The van der Waals surface area contributed by atoms with E-state index in [4.69, 9.17) is 14.2 Å². The molecule has 4 nitrogen and oxygen atoms in total. The van der Waals surface area contributed by atoms with Gasteiger partial charge in [0.2, 0.25) is 5.79 Å². The van der Waals surface area contributed by atoms with Crippen LogP contribution in [0.15, 0.2) is 0 Å². The fraction of sp³-hybridized carbons (Fsp3) is 0.929. The molecular formula is C14H20O4. The van der Waals surface area contributed by atoms with E-state index in [2.05, 4.69) is 13.8 Å². The van der Waals surface area contributed by atoms with Gasteiger partial charge in [-0.1, -0.05) is 13.8 Å². The van der Waals surface area contributed by atoms with Crippen molar-refractivity contribution in [3.05, 3.63) is 0 Å². The maximum atomic E-state index is 12.0. The molecule has 7 atom stereocenters. The Morgan fingerprint density at radius 3 is 2.61 bits per heavy atom. The minimum atomic E-state index is -0.752. The Labute approximate surface area is 107 Å². The molecule has 0 spiro atoms. The molecule has 1 saturated carbocycles. The van der Waals surface area contributed by atoms with Crippen LogP contribution >= 0.6 is 0 Å². The maximum Gasteiger partial charge on any atom is 0.312 e. The molecule has 0 aromatic rings. The molecule has 0 aromatic heterocycles. The lowest BCUT2D eigenvalue weighted by Crippen LogP contribution is -2.37. The van der Waals surface area contributed by atoms with Crippen molar-refractivity contribution >= 4 is 5.97 Å². The van der Waals surface area contributed by atoms with Crippen molar-refractivity contribution in [2.75, 3.05) is 0 Å². The fourth-order valence-corrected chi connectivity index (χ4v) is 5.08. The summed E-state index contributed by atoms with van der Waals surface area (Å²) in [4.78, 5) is 12.0. The molecule has 4 heteroatoms. The maximum absolute atomic E-state index is 12.0. The van der Waals surface area contributed by atoms with E-state index in [1.807, 2.05) is 13.8 Å². The monoisotopic (exact) mass is 252 g/mol. The van der Waals surface area contributed by atoms with Crippen LogP contribution < -0.4 is 0 Å². The zero-order chi connectivity index (χ0) is 12.9. The number of carbonyl (C=O) groups is 1. The Morgan fingerprint density at radius 2 is 1.94 bits per heavy atom. The third-order valence-corrected chi connectivity index (χ3v) is 5.48. The van der Waals surface area contributed by atoms with E-state index in [-0.39, 0.29) is 23.9 Å². The van der Waals surface area contributed by atoms with Gasteiger partial charge in [-0.2, -0.15) is 0 Å². The highest BCUT2D eigenvalue weighted by atomic mass is 16.8. The largest absolute Gasteiger partial charge is 0.433 e. The second kappa shape index (κ2) is 2.93. The molecule has 0 N–H and O–H groups in total. The van der Waals surface area contributed by atoms with Crippen molar-refractivity contribution in [2.45, 2.75) is 51.8 Å². The van der Waals surface area contributed by atoms with Crippen LogP contribution in [0.3, 0.4) is 0 Å². The summed E-state index contributed by atoms with van der Waals surface area (Å²) in [5, 5.41) is 0. The van der Waals surface area contributed by atoms with E-state index < -0.39 is 11.6 Å². The average molecular weight is 252 g/mol. The number of hydrogen-bond acceptors (Lipinski definition) is 4. The van der Waals surface area contributed by atoms with Crippen molar-refractivity contribution in [1.29, 1.82) is 0 Å². The third kappa shape index (κ3) is 1.04. The van der Waals surface area contributed by atoms with E-state index in [1.54, 1.807) is 0 Å². The highest BCUT2D eigenvalue weighted by Gasteiger charge is 2.77. The molecule has 18 heavy (non-hydrogen) atoms. The van der Waals surface area contributed by atoms with Crippen molar-refractivity contribution in [3.8, 4) is 0 Å². The molecule has 0 aromatic carbocycles. The quantitative estimate of drug-likeness (QED) is 0.669. The van der Waals surface area contributed by atoms with Gasteiger partial charge in [0.05, 0.1) is 12.0 Å². The van der Waals surface area contributed by atoms with Crippen molar-refractivity contribution < 1.29 is 19.0 Å². The Balaban J connectivity index is 1.80. The van der Waals surface area contributed by atoms with Crippen LogP contribution in [-0.4, -0.2) is 23.6 Å². The van der Waals surface area contributed by atoms with Crippen molar-refractivity contribution in [1.82, 2.24) is 0 Å². The molecule has 3 aliphatic heterocycles. The molecule has 4 fully saturated rings. The summed E-state index contributed by atoms with van der Waals surface area (Å²) in [5.74, 6) is 0.0436. The molecule has 4 rings (SSSR count). The van der Waals surface area contributed by atoms with Gasteiger partial charge in [0.25, 0.3) is 0 Å². The van der Waals surface area contributed by atoms with E-state index in [0.29, 0.717) is 17.8 Å². The predicted molar refractivity (Wildman–Crippen MR) is 62.3 cm³/mol. The Bertz CT molecular complexity index is 434. The number of hydrogen-bond donors (Lipinski definition) is 0. The first kappa shape index (κ1) is 11.2. The van der Waals surface area contributed by atoms with Crippen LogP contribution in [0.2, 0.25) is 0 Å². The minimum Gasteiger partial charge on any atom is -0.433 e. The second-order valence-electron chi connectivity index (χ2n) is 6.94. The molecule has 3 saturated heterocycles. The van der Waals surface area contributed by atoms with Crippen LogP contribution in [0.4, 0.5) is 0 Å². The summed E-state index contributed by atoms with van der Waals surface area (Å²) in [6.45, 7) is 8.28. The van der Waals surface area contributed by atoms with Gasteiger partial charge in [0, 0.05) is 18.8 Å². The highest BCUT2D eigenvalue weighted by Crippen LogP contribution is 2.68. The molecule has 0 bridgehead atoms. The van der Waals surface area contributed by atoms with Crippen LogP contribution in [-0.2, 0) is 19.0 Å². The van der Waals surface area contributed by atoms with Gasteiger partial charge in [-0.15, -0.1) is 0 Å². The summed E-state index contributed by atoms with van der Waals surface area (Å²) in [7, 11) is 0. The Morgan fingerprint density at radius 1 is 1.22 bits per heavy atom. The topological polar surface area (TPSA) is 44.8 Å². The molecule has 0 radical (unpaired) electrons. The molecular weight excluding hydrogens is 232 g/mol. The van der Waals surface area contributed by atoms with Crippen molar-refractivity contribution in [3.63, 3.8) is 0 Å². The number of esters is 1. The first-order valence-corrected chi connectivity index (χ1v) is 6.96. The average Bonchev–Trinajstić information content (AvgIpc) is 2.85. The Kier molecular flexibility index (Phi) is 1.83. The lowest BCUT2D eigenvalue weighted by atomic mass is 9.80. The summed E-state index contributed by atoms with van der Waals surface area (Å²) < 4.78 is 17.8. The zero-order valence-corrected chi connectivity index (χ0v) is 11.3. The summed E-state index contributed by atoms with van der Waals surface area (Å²) in [6.07, 6.45) is 1.12. The second-order valence-corrected chi connectivity index (χ2v) is 6.94. The van der Waals surface area contributed by atoms with Gasteiger partial charge in [0.1, 0.15) is 0 Å². The zero-order valence-electron chi connectivity index (χ0n) is 11.3. The van der Waals surface area contributed by atoms with E-state index in [1.165, 1.54) is 0 Å². The third-order valence-electron chi connectivity index (χ3n) is 5.48. The van der Waals surface area contributed by atoms with Gasteiger partial charge >= 0.3 is 5.97 Å². The molecule has 3 heterocycles. The fourth-order valence-electron chi connectivity index (χ4n) is 5.08. The number of rotatable bonds is 1. The first-order chi connectivity index (χ1) is 8.36. The molecule has 1 aliphatic carbocycles. The molecule has 100 valence electrons. The van der Waals surface area contributed by atoms with Crippen LogP contribution in [0.5, 0.6) is 0 Å². The predicted octanol–water partition coefficient (Wildman–Crippen LogP) is 1.93. The van der Waals surface area contributed by atoms with E-state index in [0.717, 1.165) is 6.42 Å². The summed E-state index contributed by atoms with van der Waals surface area (Å²) >= 11 is 0. The van der Waals surface area contributed by atoms with Gasteiger partial charge in [-0.05, 0) is 25.2 Å². The lowest BCUT2D eigenvalue weighted by Gasteiger charge is -2.30. The van der Waals surface area contributed by atoms with E-state index >= 15 is 0 Å². The Hall–Kier alpha value is -0.610. The van der Waals surface area contributed by atoms with Crippen molar-refractivity contribution in [2.24, 2.45) is 29.6 Å². The number of carbonyl (C=O) groups excluding carboxylic acids is 1. The van der Waals surface area contributed by atoms with Crippen LogP contribution in [0.1, 0.15) is 34.1 Å². The van der Waals surface area contributed by atoms with Gasteiger partial charge in [-0.3, -0.25) is 4.79 Å². The molecule has 0 amide bonds. The van der Waals surface area contributed by atoms with Crippen LogP contribution in [0.25, 0.3) is 0 Å². The first-order valence-electron chi connectivity index (χ1n) is 6.96. The van der Waals surface area contributed by atoms with Gasteiger partial charge in [-0.25, -0.2) is 0 Å². The minimum absolute atomic E-state index is 0.0250. The standard InChI is InChI=1S/C14H20O4/c1-6(2)11-7-5-8-10-9(7)13(3,16-11)18-14(10,4)17-12(8)15/h6-11H,5H2,1-4H3/t7?,8?,9?,10?,11-,13+,14-/m1/s1. The van der Waals surface area contributed by atoms with E-state index in [9.17, 15) is 4.79 Å². The van der Waals surface area contributed by atoms with Gasteiger partial charge < -0.3 is 14.2 Å². The number of ether oxygens (including phenoxy) is 3. The van der Waals surface area contributed by atoms with Crippen LogP contribution in [0, 0.1) is 29.6 Å². The highest BCUT2D eigenvalue weighted by molar-refractivity contribution is 5.76. The molecule has 4 aliphatic rings. The van der Waals surface area contributed by atoms with Gasteiger partial charge in [0.15, 0.2) is 5.79 Å². The normalized spacial score (nSPS) is 60.5. The smallest absolute Gasteiger partial charge is 0.312 e. The summed E-state index contributed by atoms with van der Waals surface area (Å²) in [6, 6.07) is 0. The molecule has 4 unspecified atom stereocenters. The SMILES string of the molecule is CC(C)[C@H]1O[C@@]2(C)O[C@@]3(C)OC(=O)C4CC1C2C43. The lowest BCUT2D eigenvalue weighted by molar-refractivity contribution is -0.298. The summed E-state index contributed by atoms with van der Waals surface area (Å²) in [5.41, 5.74) is 0.